The van der Waals surface area contributed by atoms with E-state index in [2.05, 4.69) is 4.98 Å². The average molecular weight is 345 g/mol. The van der Waals surface area contributed by atoms with E-state index < -0.39 is 0 Å². The van der Waals surface area contributed by atoms with Crippen LogP contribution in [0.25, 0.3) is 17.0 Å². The van der Waals surface area contributed by atoms with Crippen LogP contribution in [0, 0.1) is 0 Å². The lowest BCUT2D eigenvalue weighted by Crippen LogP contribution is -1.97. The molecule has 0 amide bonds. The van der Waals surface area contributed by atoms with Gasteiger partial charge >= 0.3 is 0 Å². The Morgan fingerprint density at radius 2 is 2.04 bits per heavy atom. The van der Waals surface area contributed by atoms with Gasteiger partial charge in [-0.05, 0) is 44.2 Å². The van der Waals surface area contributed by atoms with E-state index in [9.17, 15) is 4.79 Å². The minimum absolute atomic E-state index is 0.110. The van der Waals surface area contributed by atoms with E-state index in [1.165, 1.54) is 5.57 Å². The van der Waals surface area contributed by atoms with Gasteiger partial charge in [-0.3, -0.25) is 4.79 Å². The second-order valence-electron chi connectivity index (χ2n) is 6.48. The first-order valence-corrected chi connectivity index (χ1v) is 8.52. The molecule has 0 saturated heterocycles. The first kappa shape index (κ1) is 16.2. The van der Waals surface area contributed by atoms with Gasteiger partial charge in [0.15, 0.2) is 5.76 Å². The van der Waals surface area contributed by atoms with Crippen molar-refractivity contribution in [1.82, 2.24) is 4.98 Å². The Hall–Kier alpha value is -3.27. The highest BCUT2D eigenvalue weighted by Crippen LogP contribution is 2.35. The Kier molecular flexibility index (Phi) is 4.09. The number of aromatic nitrogens is 1. The fourth-order valence-electron chi connectivity index (χ4n) is 2.92. The topological polar surface area (TPSA) is 51.3 Å². The predicted octanol–water partition coefficient (Wildman–Crippen LogP) is 5.13. The van der Waals surface area contributed by atoms with Crippen LogP contribution in [0.4, 0.5) is 0 Å². The highest BCUT2D eigenvalue weighted by Gasteiger charge is 2.28. The molecule has 0 fully saturated rings. The van der Waals surface area contributed by atoms with Gasteiger partial charge in [-0.15, -0.1) is 0 Å². The van der Waals surface area contributed by atoms with Gasteiger partial charge in [-0.2, -0.15) is 0 Å². The number of carbonyl (C=O) groups excluding carboxylic acids is 1. The Morgan fingerprint density at radius 1 is 1.19 bits per heavy atom. The summed E-state index contributed by atoms with van der Waals surface area (Å²) in [5, 5.41) is 1.05. The van der Waals surface area contributed by atoms with E-state index >= 15 is 0 Å². The summed E-state index contributed by atoms with van der Waals surface area (Å²) in [6.07, 6.45) is 5.66. The number of fused-ring (bicyclic) bond motifs is 2. The standard InChI is InChI=1S/C22H19NO3/c1-14(2)9-10-25-16-7-8-18-20(12-16)26-21(22(18)24)11-15-13-23-19-6-4-3-5-17(15)19/h3-9,11-13,23H,10H2,1-2H3/b21-11+. The fourth-order valence-corrected chi connectivity index (χ4v) is 2.92. The molecular weight excluding hydrogens is 326 g/mol. The Bertz CT molecular complexity index is 1050. The monoisotopic (exact) mass is 345 g/mol. The molecular formula is C22H19NO3. The van der Waals surface area contributed by atoms with Crippen LogP contribution < -0.4 is 9.47 Å². The van der Waals surface area contributed by atoms with Gasteiger partial charge in [0.2, 0.25) is 5.78 Å². The van der Waals surface area contributed by atoms with E-state index in [0.717, 1.165) is 16.5 Å². The number of carbonyl (C=O) groups is 1. The van der Waals surface area contributed by atoms with Gasteiger partial charge in [-0.1, -0.05) is 23.8 Å². The molecule has 1 aliphatic heterocycles. The van der Waals surface area contributed by atoms with Crippen molar-refractivity contribution in [2.45, 2.75) is 13.8 Å². The van der Waals surface area contributed by atoms with Crippen LogP contribution in [0.2, 0.25) is 0 Å². The minimum Gasteiger partial charge on any atom is -0.489 e. The number of ketones is 1. The molecule has 1 N–H and O–H groups in total. The normalized spacial score (nSPS) is 14.4. The molecule has 130 valence electrons. The smallest absolute Gasteiger partial charge is 0.231 e. The molecule has 3 aromatic rings. The summed E-state index contributed by atoms with van der Waals surface area (Å²) in [5.41, 5.74) is 3.71. The molecule has 1 aromatic heterocycles. The largest absolute Gasteiger partial charge is 0.489 e. The van der Waals surface area contributed by atoms with E-state index in [1.54, 1.807) is 24.3 Å². The molecule has 4 heteroatoms. The van der Waals surface area contributed by atoms with Gasteiger partial charge in [0.1, 0.15) is 18.1 Å². The molecule has 4 nitrogen and oxygen atoms in total. The third-order valence-electron chi connectivity index (χ3n) is 4.29. The van der Waals surface area contributed by atoms with Crippen LogP contribution in [0.1, 0.15) is 29.8 Å². The zero-order valence-electron chi connectivity index (χ0n) is 14.7. The number of hydrogen-bond acceptors (Lipinski definition) is 3. The van der Waals surface area contributed by atoms with Crippen molar-refractivity contribution in [2.75, 3.05) is 6.61 Å². The zero-order valence-corrected chi connectivity index (χ0v) is 14.7. The lowest BCUT2D eigenvalue weighted by atomic mass is 10.1. The summed E-state index contributed by atoms with van der Waals surface area (Å²) in [6.45, 7) is 4.54. The summed E-state index contributed by atoms with van der Waals surface area (Å²) in [6, 6.07) is 13.3. The summed E-state index contributed by atoms with van der Waals surface area (Å²) in [4.78, 5) is 15.8. The molecule has 0 bridgehead atoms. The van der Waals surface area contributed by atoms with E-state index in [-0.39, 0.29) is 5.78 Å². The lowest BCUT2D eigenvalue weighted by Gasteiger charge is -2.05. The molecule has 1 aliphatic rings. The summed E-state index contributed by atoms with van der Waals surface area (Å²) in [5.74, 6) is 1.44. The maximum atomic E-state index is 12.6. The number of hydrogen-bond donors (Lipinski definition) is 1. The Morgan fingerprint density at radius 3 is 2.88 bits per heavy atom. The highest BCUT2D eigenvalue weighted by molar-refractivity contribution is 6.15. The third-order valence-corrected chi connectivity index (χ3v) is 4.29. The fraction of sp³-hybridized carbons (Fsp3) is 0.136. The number of allylic oxidation sites excluding steroid dienone is 2. The van der Waals surface area contributed by atoms with E-state index in [4.69, 9.17) is 9.47 Å². The molecule has 0 atom stereocenters. The molecule has 0 radical (unpaired) electrons. The summed E-state index contributed by atoms with van der Waals surface area (Å²) < 4.78 is 11.5. The van der Waals surface area contributed by atoms with Crippen LogP contribution in [0.3, 0.4) is 0 Å². The Labute approximate surface area is 151 Å². The number of H-pyrrole nitrogens is 1. The quantitative estimate of drug-likeness (QED) is 0.527. The molecule has 0 aliphatic carbocycles. The average Bonchev–Trinajstić information content (AvgIpc) is 3.17. The van der Waals surface area contributed by atoms with Crippen molar-refractivity contribution < 1.29 is 14.3 Å². The van der Waals surface area contributed by atoms with Gasteiger partial charge in [0.25, 0.3) is 0 Å². The number of rotatable bonds is 4. The SMILES string of the molecule is CC(C)=CCOc1ccc2c(c1)O/C(=C/c1c[nH]c3ccccc13)C2=O. The number of ether oxygens (including phenoxy) is 2. The van der Waals surface area contributed by atoms with Gasteiger partial charge < -0.3 is 14.5 Å². The van der Waals surface area contributed by atoms with Crippen molar-refractivity contribution in [3.05, 3.63) is 77.2 Å². The number of nitrogens with one attached hydrogen (secondary N) is 1. The van der Waals surface area contributed by atoms with Crippen LogP contribution in [0.15, 0.2) is 66.1 Å². The molecule has 4 rings (SSSR count). The van der Waals surface area contributed by atoms with Gasteiger partial charge in [0, 0.05) is 28.7 Å². The predicted molar refractivity (Wildman–Crippen MR) is 103 cm³/mol. The van der Waals surface area contributed by atoms with Crippen LogP contribution in [-0.4, -0.2) is 17.4 Å². The maximum absolute atomic E-state index is 12.6. The number of Topliss-reactive ketones (excluding diaryl/α,β-unsaturated/α-hetero) is 1. The Balaban J connectivity index is 1.60. The highest BCUT2D eigenvalue weighted by atomic mass is 16.5. The van der Waals surface area contributed by atoms with Gasteiger partial charge in [-0.25, -0.2) is 0 Å². The van der Waals surface area contributed by atoms with Crippen molar-refractivity contribution >= 4 is 22.8 Å². The molecule has 0 saturated carbocycles. The van der Waals surface area contributed by atoms with Crippen molar-refractivity contribution in [1.29, 1.82) is 0 Å². The molecule has 0 unspecified atom stereocenters. The minimum atomic E-state index is -0.110. The summed E-state index contributed by atoms with van der Waals surface area (Å²) >= 11 is 0. The molecule has 2 heterocycles. The maximum Gasteiger partial charge on any atom is 0.231 e. The lowest BCUT2D eigenvalue weighted by molar-refractivity contribution is 0.101. The first-order chi connectivity index (χ1) is 12.6. The number of para-hydroxylation sites is 1. The van der Waals surface area contributed by atoms with Crippen molar-refractivity contribution in [2.24, 2.45) is 0 Å². The van der Waals surface area contributed by atoms with Crippen molar-refractivity contribution in [3.8, 4) is 11.5 Å². The third kappa shape index (κ3) is 3.02. The number of benzene rings is 2. The molecule has 26 heavy (non-hydrogen) atoms. The first-order valence-electron chi connectivity index (χ1n) is 8.52. The second-order valence-corrected chi connectivity index (χ2v) is 6.48. The van der Waals surface area contributed by atoms with Crippen molar-refractivity contribution in [3.63, 3.8) is 0 Å². The van der Waals surface area contributed by atoms with Crippen LogP contribution in [-0.2, 0) is 0 Å². The summed E-state index contributed by atoms with van der Waals surface area (Å²) in [7, 11) is 0. The molecule has 2 aromatic carbocycles. The van der Waals surface area contributed by atoms with Crippen LogP contribution in [0.5, 0.6) is 11.5 Å². The number of aromatic amines is 1. The van der Waals surface area contributed by atoms with E-state index in [0.29, 0.717) is 29.4 Å². The zero-order chi connectivity index (χ0) is 18.1. The second kappa shape index (κ2) is 6.56. The molecule has 0 spiro atoms. The van der Waals surface area contributed by atoms with E-state index in [1.807, 2.05) is 50.4 Å². The van der Waals surface area contributed by atoms with Gasteiger partial charge in [0.05, 0.1) is 5.56 Å². The van der Waals surface area contributed by atoms with Crippen LogP contribution >= 0.6 is 0 Å².